The van der Waals surface area contributed by atoms with E-state index in [-0.39, 0.29) is 5.91 Å². The number of aromatic nitrogens is 2. The molecule has 1 aromatic heterocycles. The predicted octanol–water partition coefficient (Wildman–Crippen LogP) is 3.30. The normalized spacial score (nSPS) is 13.8. The molecule has 3 aromatic rings. The average molecular weight is 361 g/mol. The molecule has 0 aliphatic heterocycles. The van der Waals surface area contributed by atoms with E-state index in [1.54, 1.807) is 37.5 Å². The lowest BCUT2D eigenvalue weighted by atomic mass is 10.1. The summed E-state index contributed by atoms with van der Waals surface area (Å²) in [5.74, 6) is -0.930. The van der Waals surface area contributed by atoms with Gasteiger partial charge in [0.1, 0.15) is 0 Å². The molecule has 0 radical (unpaired) electrons. The highest BCUT2D eigenvalue weighted by molar-refractivity contribution is 5.98. The largest absolute Gasteiger partial charge is 0.449 e. The Hall–Kier alpha value is -3.28. The van der Waals surface area contributed by atoms with E-state index in [2.05, 4.69) is 15.3 Å². The van der Waals surface area contributed by atoms with Gasteiger partial charge in [0, 0.05) is 18.1 Å². The Morgan fingerprint density at radius 2 is 1.78 bits per heavy atom. The van der Waals surface area contributed by atoms with E-state index in [4.69, 9.17) is 4.74 Å². The summed E-state index contributed by atoms with van der Waals surface area (Å²) in [4.78, 5) is 33.1. The van der Waals surface area contributed by atoms with Crippen molar-refractivity contribution in [3.63, 3.8) is 0 Å². The maximum Gasteiger partial charge on any atom is 0.338 e. The van der Waals surface area contributed by atoms with Crippen LogP contribution in [-0.4, -0.2) is 27.9 Å². The van der Waals surface area contributed by atoms with Crippen molar-refractivity contribution < 1.29 is 14.3 Å². The lowest BCUT2D eigenvalue weighted by molar-refractivity contribution is -0.123. The number of esters is 1. The standard InChI is InChI=1S/C21H19N3O3/c1-13(20(25)24-17-7-5-14-3-2-4-15(14)11-17)27-21(26)16-6-8-18-19(12-16)23-10-9-22-18/h5-13H,2-4H2,1H3,(H,24,25)/t13-/m1/s1. The zero-order valence-corrected chi connectivity index (χ0v) is 14.9. The highest BCUT2D eigenvalue weighted by atomic mass is 16.5. The zero-order chi connectivity index (χ0) is 18.8. The number of anilines is 1. The molecule has 1 N–H and O–H groups in total. The first kappa shape index (κ1) is 17.1. The fraction of sp³-hybridized carbons (Fsp3) is 0.238. The van der Waals surface area contributed by atoms with Gasteiger partial charge in [-0.25, -0.2) is 4.79 Å². The third kappa shape index (κ3) is 3.65. The maximum absolute atomic E-state index is 12.4. The number of rotatable bonds is 4. The summed E-state index contributed by atoms with van der Waals surface area (Å²) in [6.45, 7) is 1.56. The number of benzene rings is 2. The van der Waals surface area contributed by atoms with Crippen LogP contribution in [0.25, 0.3) is 11.0 Å². The molecule has 27 heavy (non-hydrogen) atoms. The molecule has 136 valence electrons. The minimum atomic E-state index is -0.914. The molecule has 1 amide bonds. The Labute approximate surface area is 156 Å². The van der Waals surface area contributed by atoms with E-state index in [1.807, 2.05) is 18.2 Å². The SMILES string of the molecule is C[C@@H](OC(=O)c1ccc2nccnc2c1)C(=O)Nc1ccc2c(c1)CCC2. The number of carbonyl (C=O) groups excluding carboxylic acids is 2. The van der Waals surface area contributed by atoms with Gasteiger partial charge >= 0.3 is 5.97 Å². The van der Waals surface area contributed by atoms with Gasteiger partial charge in [-0.15, -0.1) is 0 Å². The van der Waals surface area contributed by atoms with Gasteiger partial charge < -0.3 is 10.1 Å². The van der Waals surface area contributed by atoms with Crippen molar-refractivity contribution >= 4 is 28.6 Å². The number of amides is 1. The third-order valence-corrected chi connectivity index (χ3v) is 4.72. The summed E-state index contributed by atoms with van der Waals surface area (Å²) >= 11 is 0. The van der Waals surface area contributed by atoms with Crippen molar-refractivity contribution in [3.05, 3.63) is 65.5 Å². The second kappa shape index (κ2) is 7.15. The Kier molecular flexibility index (Phi) is 4.54. The van der Waals surface area contributed by atoms with E-state index >= 15 is 0 Å². The smallest absolute Gasteiger partial charge is 0.338 e. The van der Waals surface area contributed by atoms with Gasteiger partial charge in [0.2, 0.25) is 0 Å². The van der Waals surface area contributed by atoms with Crippen molar-refractivity contribution in [2.75, 3.05) is 5.32 Å². The average Bonchev–Trinajstić information content (AvgIpc) is 3.15. The van der Waals surface area contributed by atoms with Crippen molar-refractivity contribution in [1.29, 1.82) is 0 Å². The van der Waals surface area contributed by atoms with Crippen molar-refractivity contribution in [1.82, 2.24) is 9.97 Å². The van der Waals surface area contributed by atoms with Gasteiger partial charge in [0.05, 0.1) is 16.6 Å². The molecule has 0 saturated carbocycles. The fourth-order valence-corrected chi connectivity index (χ4v) is 3.27. The number of hydrogen-bond acceptors (Lipinski definition) is 5. The topological polar surface area (TPSA) is 81.2 Å². The number of ether oxygens (including phenoxy) is 1. The monoisotopic (exact) mass is 361 g/mol. The first-order valence-corrected chi connectivity index (χ1v) is 8.94. The Morgan fingerprint density at radius 3 is 2.63 bits per heavy atom. The van der Waals surface area contributed by atoms with Gasteiger partial charge in [-0.3, -0.25) is 14.8 Å². The van der Waals surface area contributed by atoms with Crippen molar-refractivity contribution in [3.8, 4) is 0 Å². The molecular weight excluding hydrogens is 342 g/mol. The van der Waals surface area contributed by atoms with Crippen LogP contribution in [0.15, 0.2) is 48.8 Å². The molecule has 2 aromatic carbocycles. The summed E-state index contributed by atoms with van der Waals surface area (Å²) in [7, 11) is 0. The Balaban J connectivity index is 1.42. The summed E-state index contributed by atoms with van der Waals surface area (Å²) in [6, 6.07) is 10.9. The van der Waals surface area contributed by atoms with E-state index in [0.29, 0.717) is 16.6 Å². The summed E-state index contributed by atoms with van der Waals surface area (Å²) in [5.41, 5.74) is 4.96. The van der Waals surface area contributed by atoms with Crippen LogP contribution in [-0.2, 0) is 22.4 Å². The highest BCUT2D eigenvalue weighted by Gasteiger charge is 2.20. The van der Waals surface area contributed by atoms with Crippen LogP contribution in [0.5, 0.6) is 0 Å². The zero-order valence-electron chi connectivity index (χ0n) is 14.9. The van der Waals surface area contributed by atoms with Crippen molar-refractivity contribution in [2.24, 2.45) is 0 Å². The van der Waals surface area contributed by atoms with Crippen LogP contribution < -0.4 is 5.32 Å². The fourth-order valence-electron chi connectivity index (χ4n) is 3.27. The second-order valence-electron chi connectivity index (χ2n) is 6.63. The number of aryl methyl sites for hydroxylation is 2. The molecule has 0 spiro atoms. The quantitative estimate of drug-likeness (QED) is 0.721. The van der Waals surface area contributed by atoms with Crippen molar-refractivity contribution in [2.45, 2.75) is 32.3 Å². The van der Waals surface area contributed by atoms with Gasteiger partial charge in [0.25, 0.3) is 5.91 Å². The second-order valence-corrected chi connectivity index (χ2v) is 6.63. The summed E-state index contributed by atoms with van der Waals surface area (Å²) in [5, 5.41) is 2.82. The molecule has 6 nitrogen and oxygen atoms in total. The van der Waals surface area contributed by atoms with Crippen LogP contribution in [0.1, 0.15) is 34.8 Å². The van der Waals surface area contributed by atoms with Gasteiger partial charge in [-0.05, 0) is 67.6 Å². The molecule has 4 rings (SSSR count). The van der Waals surface area contributed by atoms with Crippen LogP contribution in [0, 0.1) is 0 Å². The first-order valence-electron chi connectivity index (χ1n) is 8.94. The lowest BCUT2D eigenvalue weighted by Gasteiger charge is -2.14. The first-order chi connectivity index (χ1) is 13.1. The Bertz CT molecular complexity index is 1030. The number of nitrogens with one attached hydrogen (secondary N) is 1. The maximum atomic E-state index is 12.4. The molecule has 0 saturated heterocycles. The van der Waals surface area contributed by atoms with Crippen LogP contribution in [0.2, 0.25) is 0 Å². The predicted molar refractivity (Wildman–Crippen MR) is 102 cm³/mol. The number of hydrogen-bond donors (Lipinski definition) is 1. The van der Waals surface area contributed by atoms with Gasteiger partial charge in [-0.1, -0.05) is 6.07 Å². The van der Waals surface area contributed by atoms with E-state index in [1.165, 1.54) is 11.1 Å². The number of carbonyl (C=O) groups is 2. The third-order valence-electron chi connectivity index (χ3n) is 4.72. The van der Waals surface area contributed by atoms with Gasteiger partial charge in [-0.2, -0.15) is 0 Å². The highest BCUT2D eigenvalue weighted by Crippen LogP contribution is 2.25. The molecule has 0 unspecified atom stereocenters. The lowest BCUT2D eigenvalue weighted by Crippen LogP contribution is -2.30. The summed E-state index contributed by atoms with van der Waals surface area (Å²) in [6.07, 6.45) is 5.51. The molecule has 6 heteroatoms. The number of nitrogens with zero attached hydrogens (tertiary/aromatic N) is 2. The molecule has 1 aliphatic carbocycles. The van der Waals surface area contributed by atoms with Crippen LogP contribution in [0.4, 0.5) is 5.69 Å². The molecule has 1 atom stereocenters. The van der Waals surface area contributed by atoms with Crippen LogP contribution in [0.3, 0.4) is 0 Å². The van der Waals surface area contributed by atoms with Crippen LogP contribution >= 0.6 is 0 Å². The molecule has 0 bridgehead atoms. The molecule has 0 fully saturated rings. The van der Waals surface area contributed by atoms with E-state index in [9.17, 15) is 9.59 Å². The molecule has 1 heterocycles. The minimum absolute atomic E-state index is 0.334. The van der Waals surface area contributed by atoms with Gasteiger partial charge in [0.15, 0.2) is 6.10 Å². The molecule has 1 aliphatic rings. The number of fused-ring (bicyclic) bond motifs is 2. The van der Waals surface area contributed by atoms with E-state index in [0.717, 1.165) is 24.9 Å². The summed E-state index contributed by atoms with van der Waals surface area (Å²) < 4.78 is 5.31. The van der Waals surface area contributed by atoms with E-state index < -0.39 is 12.1 Å². The minimum Gasteiger partial charge on any atom is -0.449 e. The molecular formula is C21H19N3O3. The Morgan fingerprint density at radius 1 is 1.00 bits per heavy atom.